The third kappa shape index (κ3) is 7.26. The number of Topliss-reactive ketones (excluding diaryl/α,β-unsaturated/α-hetero) is 1. The molecule has 132 valence electrons. The number of hydrogen-bond donors (Lipinski definition) is 1. The molecule has 1 aromatic carbocycles. The van der Waals surface area contributed by atoms with E-state index in [9.17, 15) is 14.4 Å². The minimum atomic E-state index is -0.500. The second kappa shape index (κ2) is 9.05. The highest BCUT2D eigenvalue weighted by atomic mass is 16.5. The van der Waals surface area contributed by atoms with Crippen LogP contribution in [0.5, 0.6) is 5.75 Å². The van der Waals surface area contributed by atoms with Crippen LogP contribution in [-0.2, 0) is 14.3 Å². The Morgan fingerprint density at radius 2 is 1.75 bits per heavy atom. The SMILES string of the molecule is CCC(C)(C)NC(=O)COC(=O)CCOc1ccc(C(C)=O)cc1. The average Bonchev–Trinajstić information content (AvgIpc) is 2.53. The Hall–Kier alpha value is -2.37. The van der Waals surface area contributed by atoms with Crippen molar-refractivity contribution in [2.45, 2.75) is 46.1 Å². The molecular weight excluding hydrogens is 310 g/mol. The molecule has 0 saturated carbocycles. The van der Waals surface area contributed by atoms with Crippen molar-refractivity contribution in [3.8, 4) is 5.75 Å². The number of amides is 1. The molecule has 1 amide bonds. The Bertz CT molecular complexity index is 578. The van der Waals surface area contributed by atoms with Crippen molar-refractivity contribution in [2.75, 3.05) is 13.2 Å². The van der Waals surface area contributed by atoms with Gasteiger partial charge in [0.05, 0.1) is 13.0 Å². The van der Waals surface area contributed by atoms with Gasteiger partial charge < -0.3 is 14.8 Å². The van der Waals surface area contributed by atoms with Crippen LogP contribution in [0.1, 0.15) is 50.9 Å². The van der Waals surface area contributed by atoms with Crippen LogP contribution >= 0.6 is 0 Å². The third-order valence-electron chi connectivity index (χ3n) is 3.56. The second-order valence-electron chi connectivity index (χ2n) is 6.13. The number of benzene rings is 1. The molecule has 0 bridgehead atoms. The summed E-state index contributed by atoms with van der Waals surface area (Å²) in [6.07, 6.45) is 0.821. The van der Waals surface area contributed by atoms with Gasteiger partial charge in [0.15, 0.2) is 12.4 Å². The predicted molar refractivity (Wildman–Crippen MR) is 90.0 cm³/mol. The van der Waals surface area contributed by atoms with Gasteiger partial charge in [0.2, 0.25) is 0 Å². The van der Waals surface area contributed by atoms with Crippen LogP contribution in [0.4, 0.5) is 0 Å². The highest BCUT2D eigenvalue weighted by molar-refractivity contribution is 5.94. The number of carbonyl (C=O) groups excluding carboxylic acids is 3. The van der Waals surface area contributed by atoms with Gasteiger partial charge >= 0.3 is 5.97 Å². The number of hydrogen-bond acceptors (Lipinski definition) is 5. The predicted octanol–water partition coefficient (Wildman–Crippen LogP) is 2.51. The van der Waals surface area contributed by atoms with Gasteiger partial charge in [-0.05, 0) is 51.5 Å². The lowest BCUT2D eigenvalue weighted by molar-refractivity contribution is -0.149. The quantitative estimate of drug-likeness (QED) is 0.554. The molecule has 6 heteroatoms. The fourth-order valence-corrected chi connectivity index (χ4v) is 1.76. The number of carbonyl (C=O) groups is 3. The monoisotopic (exact) mass is 335 g/mol. The van der Waals surface area contributed by atoms with Gasteiger partial charge in [0, 0.05) is 11.1 Å². The molecule has 6 nitrogen and oxygen atoms in total. The lowest BCUT2D eigenvalue weighted by atomic mass is 10.0. The van der Waals surface area contributed by atoms with Crippen LogP contribution in [0.3, 0.4) is 0 Å². The Kier molecular flexibility index (Phi) is 7.42. The first kappa shape index (κ1) is 19.7. The normalized spacial score (nSPS) is 10.8. The summed E-state index contributed by atoms with van der Waals surface area (Å²) >= 11 is 0. The van der Waals surface area contributed by atoms with E-state index in [4.69, 9.17) is 9.47 Å². The summed E-state index contributed by atoms with van der Waals surface area (Å²) < 4.78 is 10.3. The molecule has 0 aliphatic carbocycles. The summed E-state index contributed by atoms with van der Waals surface area (Å²) in [5.74, 6) is -0.277. The molecule has 0 saturated heterocycles. The molecular formula is C18H25NO5. The molecule has 1 rings (SSSR count). The van der Waals surface area contributed by atoms with Crippen LogP contribution in [0.25, 0.3) is 0 Å². The van der Waals surface area contributed by atoms with Crippen molar-refractivity contribution < 1.29 is 23.9 Å². The van der Waals surface area contributed by atoms with Crippen LogP contribution in [0.2, 0.25) is 0 Å². The van der Waals surface area contributed by atoms with E-state index in [1.165, 1.54) is 6.92 Å². The number of rotatable bonds is 9. The molecule has 0 aliphatic rings. The van der Waals surface area contributed by atoms with Gasteiger partial charge in [-0.2, -0.15) is 0 Å². The highest BCUT2D eigenvalue weighted by Gasteiger charge is 2.18. The first-order valence-corrected chi connectivity index (χ1v) is 7.94. The zero-order valence-corrected chi connectivity index (χ0v) is 14.7. The van der Waals surface area contributed by atoms with Crippen molar-refractivity contribution >= 4 is 17.7 Å². The number of ether oxygens (including phenoxy) is 2. The van der Waals surface area contributed by atoms with Gasteiger partial charge in [-0.25, -0.2) is 0 Å². The summed E-state index contributed by atoms with van der Waals surface area (Å²) in [5.41, 5.74) is 0.279. The van der Waals surface area contributed by atoms with Crippen LogP contribution in [0.15, 0.2) is 24.3 Å². The zero-order chi connectivity index (χ0) is 18.2. The molecule has 24 heavy (non-hydrogen) atoms. The van der Waals surface area contributed by atoms with E-state index in [2.05, 4.69) is 5.32 Å². The lowest BCUT2D eigenvalue weighted by Gasteiger charge is -2.24. The molecule has 0 aliphatic heterocycles. The maximum absolute atomic E-state index is 11.7. The van der Waals surface area contributed by atoms with Gasteiger partial charge in [-0.15, -0.1) is 0 Å². The van der Waals surface area contributed by atoms with E-state index in [0.29, 0.717) is 11.3 Å². The van der Waals surface area contributed by atoms with Gasteiger partial charge in [-0.3, -0.25) is 14.4 Å². The molecule has 0 radical (unpaired) electrons. The maximum atomic E-state index is 11.7. The van der Waals surface area contributed by atoms with Gasteiger partial charge in [0.25, 0.3) is 5.91 Å². The van der Waals surface area contributed by atoms with Crippen LogP contribution in [-0.4, -0.2) is 36.4 Å². The Balaban J connectivity index is 2.26. The summed E-state index contributed by atoms with van der Waals surface area (Å²) in [5, 5.41) is 2.78. The largest absolute Gasteiger partial charge is 0.493 e. The fourth-order valence-electron chi connectivity index (χ4n) is 1.76. The van der Waals surface area contributed by atoms with Gasteiger partial charge in [0.1, 0.15) is 5.75 Å². The van der Waals surface area contributed by atoms with Crippen molar-refractivity contribution in [1.82, 2.24) is 5.32 Å². The molecule has 0 heterocycles. The average molecular weight is 335 g/mol. The minimum absolute atomic E-state index is 0.0188. The maximum Gasteiger partial charge on any atom is 0.309 e. The highest BCUT2D eigenvalue weighted by Crippen LogP contribution is 2.13. The smallest absolute Gasteiger partial charge is 0.309 e. The Labute approximate surface area is 142 Å². The summed E-state index contributed by atoms with van der Waals surface area (Å²) in [4.78, 5) is 34.4. The first-order valence-electron chi connectivity index (χ1n) is 7.94. The van der Waals surface area contributed by atoms with Crippen molar-refractivity contribution in [3.63, 3.8) is 0 Å². The second-order valence-corrected chi connectivity index (χ2v) is 6.13. The Morgan fingerprint density at radius 1 is 1.12 bits per heavy atom. The van der Waals surface area contributed by atoms with E-state index >= 15 is 0 Å². The van der Waals surface area contributed by atoms with Crippen LogP contribution < -0.4 is 10.1 Å². The fraction of sp³-hybridized carbons (Fsp3) is 0.500. The lowest BCUT2D eigenvalue weighted by Crippen LogP contribution is -2.44. The summed E-state index contributed by atoms with van der Waals surface area (Å²) in [7, 11) is 0. The number of esters is 1. The van der Waals surface area contributed by atoms with E-state index in [0.717, 1.165) is 6.42 Å². The standard InChI is InChI=1S/C18H25NO5/c1-5-18(3,4)19-16(21)12-24-17(22)10-11-23-15-8-6-14(7-9-15)13(2)20/h6-9H,5,10-12H2,1-4H3,(H,19,21). The zero-order valence-electron chi connectivity index (χ0n) is 14.7. The minimum Gasteiger partial charge on any atom is -0.493 e. The Morgan fingerprint density at radius 3 is 2.29 bits per heavy atom. The first-order chi connectivity index (χ1) is 11.2. The van der Waals surface area contributed by atoms with Gasteiger partial charge in [-0.1, -0.05) is 6.92 Å². The topological polar surface area (TPSA) is 81.7 Å². The van der Waals surface area contributed by atoms with E-state index in [-0.39, 0.29) is 36.9 Å². The van der Waals surface area contributed by atoms with Crippen molar-refractivity contribution in [3.05, 3.63) is 29.8 Å². The van der Waals surface area contributed by atoms with E-state index in [1.807, 2.05) is 20.8 Å². The van der Waals surface area contributed by atoms with E-state index < -0.39 is 5.97 Å². The number of ketones is 1. The molecule has 1 aromatic rings. The molecule has 0 unspecified atom stereocenters. The summed E-state index contributed by atoms with van der Waals surface area (Å²) in [6.45, 7) is 7.10. The summed E-state index contributed by atoms with van der Waals surface area (Å²) in [6, 6.07) is 6.66. The number of nitrogens with one attached hydrogen (secondary N) is 1. The van der Waals surface area contributed by atoms with E-state index in [1.54, 1.807) is 24.3 Å². The molecule has 1 N–H and O–H groups in total. The molecule has 0 fully saturated rings. The van der Waals surface area contributed by atoms with Crippen molar-refractivity contribution in [1.29, 1.82) is 0 Å². The van der Waals surface area contributed by atoms with Crippen LogP contribution in [0, 0.1) is 0 Å². The van der Waals surface area contributed by atoms with Crippen molar-refractivity contribution in [2.24, 2.45) is 0 Å². The molecule has 0 aromatic heterocycles. The third-order valence-corrected chi connectivity index (χ3v) is 3.56. The molecule has 0 atom stereocenters. The molecule has 0 spiro atoms.